The summed E-state index contributed by atoms with van der Waals surface area (Å²) in [6, 6.07) is 8.58. The summed E-state index contributed by atoms with van der Waals surface area (Å²) in [5.74, 6) is -0.188. The summed E-state index contributed by atoms with van der Waals surface area (Å²) >= 11 is 0. The number of methoxy groups -OCH3 is 1. The number of aromatic nitrogens is 2. The van der Waals surface area contributed by atoms with Crippen molar-refractivity contribution in [2.45, 2.75) is 18.9 Å². The predicted octanol–water partition coefficient (Wildman–Crippen LogP) is 2.20. The van der Waals surface area contributed by atoms with Crippen molar-refractivity contribution in [3.05, 3.63) is 47.4 Å². The summed E-state index contributed by atoms with van der Waals surface area (Å²) in [7, 11) is 1.39. The minimum Gasteiger partial charge on any atom is -0.479 e. The molecule has 0 amide bonds. The van der Waals surface area contributed by atoms with Gasteiger partial charge in [-0.15, -0.1) is 0 Å². The largest absolute Gasteiger partial charge is 0.479 e. The Labute approximate surface area is 110 Å². The molecule has 1 aliphatic rings. The first-order valence-electron chi connectivity index (χ1n) is 6.16. The van der Waals surface area contributed by atoms with Crippen molar-refractivity contribution in [3.63, 3.8) is 0 Å². The number of hydrogen-bond donors (Lipinski definition) is 1. The molecule has 0 aliphatic heterocycles. The van der Waals surface area contributed by atoms with Gasteiger partial charge in [0.15, 0.2) is 0 Å². The molecule has 19 heavy (non-hydrogen) atoms. The van der Waals surface area contributed by atoms with Crippen LogP contribution in [-0.2, 0) is 12.8 Å². The molecule has 1 aromatic heterocycles. The van der Waals surface area contributed by atoms with Crippen molar-refractivity contribution in [1.82, 2.24) is 9.97 Å². The zero-order chi connectivity index (χ0) is 13.2. The van der Waals surface area contributed by atoms with E-state index < -0.39 is 5.82 Å². The van der Waals surface area contributed by atoms with Crippen molar-refractivity contribution < 1.29 is 9.13 Å². The van der Waals surface area contributed by atoms with E-state index in [4.69, 9.17) is 4.74 Å². The Morgan fingerprint density at radius 2 is 1.95 bits per heavy atom. The summed E-state index contributed by atoms with van der Waals surface area (Å²) in [5.41, 5.74) is 2.68. The van der Waals surface area contributed by atoms with Gasteiger partial charge < -0.3 is 10.1 Å². The van der Waals surface area contributed by atoms with Gasteiger partial charge >= 0.3 is 0 Å². The van der Waals surface area contributed by atoms with Gasteiger partial charge in [0.1, 0.15) is 0 Å². The van der Waals surface area contributed by atoms with Gasteiger partial charge in [0.2, 0.25) is 11.8 Å². The maximum atomic E-state index is 13.2. The highest BCUT2D eigenvalue weighted by Crippen LogP contribution is 2.24. The number of anilines is 1. The third-order valence-electron chi connectivity index (χ3n) is 3.29. The van der Waals surface area contributed by atoms with Gasteiger partial charge in [-0.05, 0) is 24.0 Å². The number of ether oxygens (including phenoxy) is 1. The fraction of sp³-hybridized carbons (Fsp3) is 0.286. The van der Waals surface area contributed by atoms with Crippen molar-refractivity contribution in [3.8, 4) is 5.88 Å². The fourth-order valence-electron chi connectivity index (χ4n) is 2.41. The second kappa shape index (κ2) is 4.84. The van der Waals surface area contributed by atoms with Crippen LogP contribution in [0.25, 0.3) is 0 Å². The van der Waals surface area contributed by atoms with E-state index >= 15 is 0 Å². The molecule has 0 spiro atoms. The average molecular weight is 259 g/mol. The van der Waals surface area contributed by atoms with Crippen LogP contribution in [0.3, 0.4) is 0 Å². The minimum atomic E-state index is -0.553. The fourth-order valence-corrected chi connectivity index (χ4v) is 2.41. The van der Waals surface area contributed by atoms with Crippen molar-refractivity contribution in [2.24, 2.45) is 0 Å². The number of benzene rings is 1. The lowest BCUT2D eigenvalue weighted by atomic mass is 10.1. The molecule has 1 aliphatic carbocycles. The molecule has 0 saturated heterocycles. The molecular weight excluding hydrogens is 245 g/mol. The van der Waals surface area contributed by atoms with Gasteiger partial charge in [0.25, 0.3) is 5.88 Å². The van der Waals surface area contributed by atoms with Gasteiger partial charge in [-0.1, -0.05) is 24.3 Å². The molecule has 1 heterocycles. The van der Waals surface area contributed by atoms with E-state index in [1.165, 1.54) is 18.2 Å². The van der Waals surface area contributed by atoms with Crippen LogP contribution in [0.2, 0.25) is 0 Å². The highest BCUT2D eigenvalue weighted by molar-refractivity contribution is 5.38. The van der Waals surface area contributed by atoms with Crippen molar-refractivity contribution in [2.75, 3.05) is 12.4 Å². The van der Waals surface area contributed by atoms with E-state index in [0.29, 0.717) is 5.95 Å². The number of fused-ring (bicyclic) bond motifs is 1. The Bertz CT molecular complexity index is 578. The third-order valence-corrected chi connectivity index (χ3v) is 3.29. The van der Waals surface area contributed by atoms with Crippen LogP contribution in [0.4, 0.5) is 10.3 Å². The first-order chi connectivity index (χ1) is 9.26. The molecule has 2 aromatic rings. The summed E-state index contributed by atoms with van der Waals surface area (Å²) in [6.45, 7) is 0. The topological polar surface area (TPSA) is 47.0 Å². The highest BCUT2D eigenvalue weighted by Gasteiger charge is 2.21. The van der Waals surface area contributed by atoms with Gasteiger partial charge in [-0.3, -0.25) is 0 Å². The highest BCUT2D eigenvalue weighted by atomic mass is 19.1. The maximum Gasteiger partial charge on any atom is 0.255 e. The monoisotopic (exact) mass is 259 g/mol. The molecule has 0 bridgehead atoms. The normalized spacial score (nSPS) is 14.2. The molecule has 0 unspecified atom stereocenters. The van der Waals surface area contributed by atoms with Crippen LogP contribution in [0.5, 0.6) is 5.88 Å². The number of hydrogen-bond acceptors (Lipinski definition) is 4. The van der Waals surface area contributed by atoms with E-state index in [2.05, 4.69) is 27.4 Å². The number of nitrogens with zero attached hydrogens (tertiary/aromatic N) is 2. The smallest absolute Gasteiger partial charge is 0.255 e. The van der Waals surface area contributed by atoms with E-state index in [9.17, 15) is 4.39 Å². The van der Waals surface area contributed by atoms with Crippen LogP contribution in [-0.4, -0.2) is 23.1 Å². The average Bonchev–Trinajstić information content (AvgIpc) is 2.83. The zero-order valence-corrected chi connectivity index (χ0v) is 10.6. The maximum absolute atomic E-state index is 13.2. The first kappa shape index (κ1) is 11.9. The molecule has 0 saturated carbocycles. The van der Waals surface area contributed by atoms with Crippen LogP contribution in [0, 0.1) is 5.82 Å². The van der Waals surface area contributed by atoms with Crippen LogP contribution in [0.15, 0.2) is 30.5 Å². The molecular formula is C14H14FN3O. The summed E-state index contributed by atoms with van der Waals surface area (Å²) in [4.78, 5) is 7.93. The Morgan fingerprint density at radius 3 is 2.58 bits per heavy atom. The molecule has 98 valence electrons. The van der Waals surface area contributed by atoms with Crippen LogP contribution < -0.4 is 10.1 Å². The Hall–Kier alpha value is -2.17. The summed E-state index contributed by atoms with van der Waals surface area (Å²) in [5, 5.41) is 3.22. The Balaban J connectivity index is 1.74. The molecule has 0 radical (unpaired) electrons. The van der Waals surface area contributed by atoms with Gasteiger partial charge in [0.05, 0.1) is 13.3 Å². The van der Waals surface area contributed by atoms with Crippen molar-refractivity contribution >= 4 is 5.95 Å². The Morgan fingerprint density at radius 1 is 1.26 bits per heavy atom. The standard InChI is InChI=1S/C14H14FN3O/c1-19-13-12(15)8-16-14(18-13)17-11-6-9-4-2-3-5-10(9)7-11/h2-5,8,11H,6-7H2,1H3,(H,16,17,18). The van der Waals surface area contributed by atoms with E-state index in [-0.39, 0.29) is 11.9 Å². The predicted molar refractivity (Wildman–Crippen MR) is 69.8 cm³/mol. The number of halogens is 1. The second-order valence-electron chi connectivity index (χ2n) is 4.57. The second-order valence-corrected chi connectivity index (χ2v) is 4.57. The van der Waals surface area contributed by atoms with E-state index in [1.54, 1.807) is 0 Å². The third kappa shape index (κ3) is 2.36. The lowest BCUT2D eigenvalue weighted by molar-refractivity contribution is 0.367. The molecule has 1 N–H and O–H groups in total. The molecule has 4 nitrogen and oxygen atoms in total. The van der Waals surface area contributed by atoms with Gasteiger partial charge in [0, 0.05) is 6.04 Å². The lowest BCUT2D eigenvalue weighted by Gasteiger charge is -2.12. The molecule has 0 fully saturated rings. The number of nitrogens with one attached hydrogen (secondary N) is 1. The van der Waals surface area contributed by atoms with E-state index in [0.717, 1.165) is 19.0 Å². The van der Waals surface area contributed by atoms with Gasteiger partial charge in [-0.2, -0.15) is 9.37 Å². The number of rotatable bonds is 3. The zero-order valence-electron chi connectivity index (χ0n) is 10.6. The summed E-state index contributed by atoms with van der Waals surface area (Å²) < 4.78 is 18.1. The molecule has 3 rings (SSSR count). The van der Waals surface area contributed by atoms with Crippen LogP contribution >= 0.6 is 0 Å². The molecule has 0 atom stereocenters. The quantitative estimate of drug-likeness (QED) is 0.918. The van der Waals surface area contributed by atoms with Gasteiger partial charge in [-0.25, -0.2) is 4.98 Å². The lowest BCUT2D eigenvalue weighted by Crippen LogP contribution is -2.21. The SMILES string of the molecule is COc1nc(NC2Cc3ccccc3C2)ncc1F. The first-order valence-corrected chi connectivity index (χ1v) is 6.16. The molecule has 1 aromatic carbocycles. The minimum absolute atomic E-state index is 0.0342. The van der Waals surface area contributed by atoms with Crippen LogP contribution in [0.1, 0.15) is 11.1 Å². The summed E-state index contributed by atoms with van der Waals surface area (Å²) in [6.07, 6.45) is 2.98. The van der Waals surface area contributed by atoms with E-state index in [1.807, 2.05) is 12.1 Å². The Kier molecular flexibility index (Phi) is 3.03. The molecule has 5 heteroatoms. The van der Waals surface area contributed by atoms with Crippen molar-refractivity contribution in [1.29, 1.82) is 0 Å².